The van der Waals surface area contributed by atoms with Crippen molar-refractivity contribution in [3.63, 3.8) is 0 Å². The first-order chi connectivity index (χ1) is 13.4. The number of rotatable bonds is 7. The average molecular weight is 424 g/mol. The van der Waals surface area contributed by atoms with Crippen molar-refractivity contribution in [1.29, 1.82) is 0 Å². The molecule has 2 atom stereocenters. The lowest BCUT2D eigenvalue weighted by Crippen LogP contribution is -2.54. The molecule has 1 spiro atoms. The number of hydrogen-bond acceptors (Lipinski definition) is 4. The fourth-order valence-corrected chi connectivity index (χ4v) is 4.82. The van der Waals surface area contributed by atoms with Gasteiger partial charge in [-0.05, 0) is 36.5 Å². The molecule has 1 saturated heterocycles. The van der Waals surface area contributed by atoms with Gasteiger partial charge in [0.2, 0.25) is 5.91 Å². The van der Waals surface area contributed by atoms with E-state index in [0.29, 0.717) is 18.0 Å². The maximum absolute atomic E-state index is 12.8. The summed E-state index contributed by atoms with van der Waals surface area (Å²) in [5.74, 6) is 1.11. The number of amides is 4. The van der Waals surface area contributed by atoms with Gasteiger partial charge in [0.25, 0.3) is 5.91 Å². The number of nitrogens with one attached hydrogen (secondary N) is 2. The first-order valence-electron chi connectivity index (χ1n) is 9.65. The minimum atomic E-state index is -0.815. The number of urea groups is 1. The van der Waals surface area contributed by atoms with Crippen molar-refractivity contribution in [2.24, 2.45) is 5.92 Å². The van der Waals surface area contributed by atoms with Gasteiger partial charge in [-0.25, -0.2) is 4.79 Å². The molecule has 1 aliphatic carbocycles. The molecule has 4 amide bonds. The Labute approximate surface area is 174 Å². The molecule has 0 radical (unpaired) electrons. The van der Waals surface area contributed by atoms with Gasteiger partial charge in [-0.2, -0.15) is 11.8 Å². The maximum atomic E-state index is 12.8. The van der Waals surface area contributed by atoms with Crippen molar-refractivity contribution >= 4 is 41.2 Å². The van der Waals surface area contributed by atoms with Gasteiger partial charge in [-0.15, -0.1) is 0 Å². The number of carbonyl (C=O) groups is 3. The van der Waals surface area contributed by atoms with E-state index in [0.717, 1.165) is 35.7 Å². The fourth-order valence-electron chi connectivity index (χ4n) is 3.87. The summed E-state index contributed by atoms with van der Waals surface area (Å²) in [6, 6.07) is 7.22. The molecule has 1 heterocycles. The van der Waals surface area contributed by atoms with Gasteiger partial charge in [-0.1, -0.05) is 43.5 Å². The lowest BCUT2D eigenvalue weighted by molar-refractivity contribution is -0.137. The Balaban J connectivity index is 1.41. The first-order valence-corrected chi connectivity index (χ1v) is 11.2. The third-order valence-electron chi connectivity index (χ3n) is 5.55. The lowest BCUT2D eigenvalue weighted by atomic mass is 9.73. The van der Waals surface area contributed by atoms with Gasteiger partial charge in [0.1, 0.15) is 12.1 Å². The van der Waals surface area contributed by atoms with E-state index in [9.17, 15) is 14.4 Å². The summed E-state index contributed by atoms with van der Waals surface area (Å²) in [6.07, 6.45) is 3.55. The zero-order valence-electron chi connectivity index (χ0n) is 16.0. The van der Waals surface area contributed by atoms with Crippen LogP contribution in [0.25, 0.3) is 0 Å². The summed E-state index contributed by atoms with van der Waals surface area (Å²) in [4.78, 5) is 38.4. The number of imide groups is 1. The molecular weight excluding hydrogens is 398 g/mol. The summed E-state index contributed by atoms with van der Waals surface area (Å²) in [5.41, 5.74) is 0.358. The molecule has 2 aliphatic rings. The van der Waals surface area contributed by atoms with Gasteiger partial charge in [0.15, 0.2) is 0 Å². The highest BCUT2D eigenvalue weighted by molar-refractivity contribution is 7.98. The highest BCUT2D eigenvalue weighted by atomic mass is 35.5. The minimum absolute atomic E-state index is 0.0926. The molecule has 2 fully saturated rings. The van der Waals surface area contributed by atoms with E-state index in [1.165, 1.54) is 5.56 Å². The molecule has 2 N–H and O–H groups in total. The fraction of sp³-hybridized carbons (Fsp3) is 0.550. The Kier molecular flexibility index (Phi) is 6.88. The van der Waals surface area contributed by atoms with Gasteiger partial charge >= 0.3 is 6.03 Å². The number of carbonyl (C=O) groups excluding carboxylic acids is 3. The van der Waals surface area contributed by atoms with Crippen molar-refractivity contribution in [2.45, 2.75) is 43.9 Å². The second-order valence-corrected chi connectivity index (χ2v) is 9.01. The second kappa shape index (κ2) is 9.18. The molecule has 6 nitrogen and oxygen atoms in total. The van der Waals surface area contributed by atoms with E-state index in [1.807, 2.05) is 31.2 Å². The standard InChI is InChI=1S/C20H26ClN3O3S/c1-14-4-2-3-9-20(14)18(26)24(19(27)23-20)12-17(25)22-10-11-28-13-15-5-7-16(21)8-6-15/h5-8,14H,2-4,9-13H2,1H3,(H,22,25)(H,23,27)/t14-,20-/m0/s1. The molecule has 28 heavy (non-hydrogen) atoms. The third-order valence-corrected chi connectivity index (χ3v) is 6.84. The van der Waals surface area contributed by atoms with E-state index in [4.69, 9.17) is 11.6 Å². The monoisotopic (exact) mass is 423 g/mol. The van der Waals surface area contributed by atoms with Crippen LogP contribution in [0, 0.1) is 5.92 Å². The summed E-state index contributed by atoms with van der Waals surface area (Å²) in [5, 5.41) is 6.37. The molecule has 152 valence electrons. The van der Waals surface area contributed by atoms with Crippen molar-refractivity contribution in [3.8, 4) is 0 Å². The largest absolute Gasteiger partial charge is 0.354 e. The number of benzene rings is 1. The van der Waals surface area contributed by atoms with Crippen LogP contribution >= 0.6 is 23.4 Å². The summed E-state index contributed by atoms with van der Waals surface area (Å²) < 4.78 is 0. The number of thioether (sulfide) groups is 1. The number of hydrogen-bond donors (Lipinski definition) is 2. The van der Waals surface area contributed by atoms with Crippen LogP contribution in [-0.4, -0.2) is 47.1 Å². The minimum Gasteiger partial charge on any atom is -0.354 e. The smallest absolute Gasteiger partial charge is 0.325 e. The normalized spacial score (nSPS) is 24.5. The quantitative estimate of drug-likeness (QED) is 0.521. The zero-order chi connectivity index (χ0) is 20.1. The molecule has 1 aliphatic heterocycles. The van der Waals surface area contributed by atoms with Crippen LogP contribution in [0.3, 0.4) is 0 Å². The highest BCUT2D eigenvalue weighted by Crippen LogP contribution is 2.38. The van der Waals surface area contributed by atoms with Crippen LogP contribution in [0.15, 0.2) is 24.3 Å². The Bertz CT molecular complexity index is 743. The van der Waals surface area contributed by atoms with Crippen LogP contribution in [0.2, 0.25) is 5.02 Å². The summed E-state index contributed by atoms with van der Waals surface area (Å²) >= 11 is 7.56. The van der Waals surface area contributed by atoms with Crippen LogP contribution < -0.4 is 10.6 Å². The molecule has 3 rings (SSSR count). The van der Waals surface area contributed by atoms with E-state index < -0.39 is 11.6 Å². The Morgan fingerprint density at radius 2 is 2.07 bits per heavy atom. The van der Waals surface area contributed by atoms with Crippen molar-refractivity contribution in [2.75, 3.05) is 18.8 Å². The first kappa shape index (κ1) is 21.0. The number of nitrogens with zero attached hydrogens (tertiary/aromatic N) is 1. The lowest BCUT2D eigenvalue weighted by Gasteiger charge is -2.36. The topological polar surface area (TPSA) is 78.5 Å². The molecule has 0 bridgehead atoms. The van der Waals surface area contributed by atoms with Gasteiger partial charge in [0.05, 0.1) is 0 Å². The van der Waals surface area contributed by atoms with Crippen molar-refractivity contribution in [3.05, 3.63) is 34.9 Å². The Morgan fingerprint density at radius 3 is 2.79 bits per heavy atom. The SMILES string of the molecule is C[C@H]1CCCC[C@]12NC(=O)N(CC(=O)NCCSCc1ccc(Cl)cc1)C2=O. The molecule has 1 aromatic carbocycles. The predicted octanol–water partition coefficient (Wildman–Crippen LogP) is 3.19. The van der Waals surface area contributed by atoms with E-state index >= 15 is 0 Å². The zero-order valence-corrected chi connectivity index (χ0v) is 17.6. The molecule has 0 unspecified atom stereocenters. The van der Waals surface area contributed by atoms with E-state index in [2.05, 4.69) is 10.6 Å². The molecular formula is C20H26ClN3O3S. The predicted molar refractivity (Wildman–Crippen MR) is 111 cm³/mol. The van der Waals surface area contributed by atoms with Crippen molar-refractivity contribution in [1.82, 2.24) is 15.5 Å². The molecule has 1 saturated carbocycles. The van der Waals surface area contributed by atoms with Crippen molar-refractivity contribution < 1.29 is 14.4 Å². The van der Waals surface area contributed by atoms with Crippen LogP contribution in [0.1, 0.15) is 38.2 Å². The van der Waals surface area contributed by atoms with Gasteiger partial charge < -0.3 is 10.6 Å². The Hall–Kier alpha value is -1.73. The maximum Gasteiger partial charge on any atom is 0.325 e. The van der Waals surface area contributed by atoms with Gasteiger partial charge in [-0.3, -0.25) is 14.5 Å². The van der Waals surface area contributed by atoms with E-state index in [-0.39, 0.29) is 24.3 Å². The van der Waals surface area contributed by atoms with Crippen LogP contribution in [0.4, 0.5) is 4.79 Å². The third kappa shape index (κ3) is 4.63. The summed E-state index contributed by atoms with van der Waals surface area (Å²) in [7, 11) is 0. The van der Waals surface area contributed by atoms with Crippen LogP contribution in [-0.2, 0) is 15.3 Å². The Morgan fingerprint density at radius 1 is 1.32 bits per heavy atom. The second-order valence-electron chi connectivity index (χ2n) is 7.47. The van der Waals surface area contributed by atoms with E-state index in [1.54, 1.807) is 11.8 Å². The highest BCUT2D eigenvalue weighted by Gasteiger charge is 2.55. The van der Waals surface area contributed by atoms with Crippen LogP contribution in [0.5, 0.6) is 0 Å². The van der Waals surface area contributed by atoms with Gasteiger partial charge in [0, 0.05) is 23.1 Å². The molecule has 8 heteroatoms. The number of halogens is 1. The molecule has 1 aromatic rings. The summed E-state index contributed by atoms with van der Waals surface area (Å²) in [6.45, 7) is 2.27. The average Bonchev–Trinajstić information content (AvgIpc) is 2.90. The molecule has 0 aromatic heterocycles.